The maximum Gasteiger partial charge on any atom is 0.156 e. The van der Waals surface area contributed by atoms with Gasteiger partial charge in [0.15, 0.2) is 12.0 Å². The molecule has 0 spiro atoms. The second-order valence-electron chi connectivity index (χ2n) is 10.4. The second kappa shape index (κ2) is 9.73. The molecule has 2 aromatic carbocycles. The number of aromatic nitrogens is 4. The van der Waals surface area contributed by atoms with Crippen molar-refractivity contribution < 1.29 is 14.2 Å². The number of rotatable bonds is 6. The van der Waals surface area contributed by atoms with Gasteiger partial charge in [0.2, 0.25) is 0 Å². The summed E-state index contributed by atoms with van der Waals surface area (Å²) in [6.45, 7) is 1.45. The molecule has 3 aliphatic heterocycles. The standard InChI is InChI=1S/C28H28FN9O2/c29-19-5-6-21-17(12-19)11-18(13-31-21)20-14-33-38-26(30)25(37-24-4-2-1-3-22(24)35-36-37)23(34-27(20)38)15-32-28(16-39)7-9-40-10-8-28/h1-6,11-14,20,27,32,39H,7-10,15-16,30H2. The predicted molar refractivity (Wildman–Crippen MR) is 149 cm³/mol. The lowest BCUT2D eigenvalue weighted by molar-refractivity contribution is 0.0141. The summed E-state index contributed by atoms with van der Waals surface area (Å²) in [5.41, 5.74) is 10.7. The molecule has 1 saturated heterocycles. The van der Waals surface area contributed by atoms with E-state index >= 15 is 0 Å². The quantitative estimate of drug-likeness (QED) is 0.338. The monoisotopic (exact) mass is 541 g/mol. The molecule has 2 aromatic heterocycles. The minimum Gasteiger partial charge on any atom is -0.394 e. The smallest absolute Gasteiger partial charge is 0.156 e. The Bertz CT molecular complexity index is 1690. The van der Waals surface area contributed by atoms with Gasteiger partial charge in [-0.1, -0.05) is 17.3 Å². The summed E-state index contributed by atoms with van der Waals surface area (Å²) in [4.78, 5) is 9.69. The van der Waals surface area contributed by atoms with E-state index in [-0.39, 0.29) is 18.3 Å². The van der Waals surface area contributed by atoms with Crippen molar-refractivity contribution in [1.29, 1.82) is 0 Å². The van der Waals surface area contributed by atoms with Crippen LogP contribution in [0.3, 0.4) is 0 Å². The number of ether oxygens (including phenoxy) is 1. The first-order valence-corrected chi connectivity index (χ1v) is 13.3. The molecule has 0 aliphatic carbocycles. The molecule has 0 radical (unpaired) electrons. The van der Waals surface area contributed by atoms with E-state index in [1.54, 1.807) is 28.2 Å². The van der Waals surface area contributed by atoms with Gasteiger partial charge in [0, 0.05) is 43.1 Å². The fourth-order valence-corrected chi connectivity index (χ4v) is 5.64. The van der Waals surface area contributed by atoms with Crippen molar-refractivity contribution in [3.8, 4) is 0 Å². The Labute approximate surface area is 228 Å². The zero-order valence-corrected chi connectivity index (χ0v) is 21.6. The molecule has 4 aromatic rings. The molecule has 3 aliphatic rings. The number of benzene rings is 2. The molecular weight excluding hydrogens is 513 g/mol. The summed E-state index contributed by atoms with van der Waals surface area (Å²) in [5, 5.41) is 29.6. The number of halogens is 1. The Balaban J connectivity index is 1.29. The lowest BCUT2D eigenvalue weighted by Gasteiger charge is -2.38. The molecule has 2 atom stereocenters. The topological polar surface area (TPSA) is 139 Å². The van der Waals surface area contributed by atoms with Gasteiger partial charge in [-0.15, -0.1) is 5.10 Å². The van der Waals surface area contributed by atoms with Gasteiger partial charge in [0.25, 0.3) is 0 Å². The normalized spacial score (nSPS) is 22.2. The van der Waals surface area contributed by atoms with Gasteiger partial charge >= 0.3 is 0 Å². The molecule has 204 valence electrons. The number of nitrogens with zero attached hydrogens (tertiary/aromatic N) is 7. The number of hydrogen-bond donors (Lipinski definition) is 3. The highest BCUT2D eigenvalue weighted by atomic mass is 19.1. The first kappa shape index (κ1) is 24.8. The Kier molecular flexibility index (Phi) is 6.02. The van der Waals surface area contributed by atoms with Crippen molar-refractivity contribution in [2.24, 2.45) is 15.8 Å². The van der Waals surface area contributed by atoms with E-state index in [1.165, 1.54) is 12.1 Å². The van der Waals surface area contributed by atoms with Gasteiger partial charge in [0.1, 0.15) is 17.0 Å². The molecule has 0 amide bonds. The minimum atomic E-state index is -0.486. The number of nitrogens with one attached hydrogen (secondary N) is 1. The highest BCUT2D eigenvalue weighted by Crippen LogP contribution is 2.36. The molecule has 1 fully saturated rings. The molecule has 2 unspecified atom stereocenters. The van der Waals surface area contributed by atoms with Gasteiger partial charge in [0.05, 0.1) is 29.3 Å². The number of para-hydroxylation sites is 1. The van der Waals surface area contributed by atoms with Crippen LogP contribution in [0.15, 0.2) is 70.6 Å². The average Bonchev–Trinajstić information content (AvgIpc) is 3.61. The summed E-state index contributed by atoms with van der Waals surface area (Å²) in [6, 6.07) is 14.1. The van der Waals surface area contributed by atoms with Crippen LogP contribution in [0.1, 0.15) is 24.3 Å². The first-order valence-electron chi connectivity index (χ1n) is 13.3. The van der Waals surface area contributed by atoms with E-state index in [0.717, 1.165) is 16.6 Å². The van der Waals surface area contributed by atoms with Gasteiger partial charge in [-0.2, -0.15) is 5.10 Å². The summed E-state index contributed by atoms with van der Waals surface area (Å²) in [5.74, 6) is -0.200. The molecule has 40 heavy (non-hydrogen) atoms. The molecule has 7 rings (SSSR count). The molecule has 5 heterocycles. The maximum atomic E-state index is 14.0. The summed E-state index contributed by atoms with van der Waals surface area (Å²) in [6.07, 6.45) is 4.46. The highest BCUT2D eigenvalue weighted by molar-refractivity contribution is 6.22. The third kappa shape index (κ3) is 4.12. The summed E-state index contributed by atoms with van der Waals surface area (Å²) < 4.78 is 21.2. The fraction of sp³-hybridized carbons (Fsp3) is 0.321. The van der Waals surface area contributed by atoms with Crippen LogP contribution in [0, 0.1) is 5.82 Å². The maximum absolute atomic E-state index is 14.0. The van der Waals surface area contributed by atoms with E-state index in [1.807, 2.05) is 30.3 Å². The van der Waals surface area contributed by atoms with Crippen LogP contribution >= 0.6 is 0 Å². The molecule has 4 N–H and O–H groups in total. The molecule has 12 heteroatoms. The number of aliphatic hydroxyl groups is 1. The van der Waals surface area contributed by atoms with Gasteiger partial charge < -0.3 is 20.9 Å². The average molecular weight is 542 g/mol. The van der Waals surface area contributed by atoms with Crippen molar-refractivity contribution in [1.82, 2.24) is 30.3 Å². The van der Waals surface area contributed by atoms with E-state index < -0.39 is 11.7 Å². The second-order valence-corrected chi connectivity index (χ2v) is 10.4. The number of hydrogen-bond acceptors (Lipinski definition) is 10. The number of aliphatic hydroxyl groups excluding tert-OH is 1. The summed E-state index contributed by atoms with van der Waals surface area (Å²) >= 11 is 0. The Hall–Kier alpha value is -4.26. The van der Waals surface area contributed by atoms with Crippen LogP contribution in [0.2, 0.25) is 0 Å². The van der Waals surface area contributed by atoms with Crippen molar-refractivity contribution in [3.05, 3.63) is 71.9 Å². The Morgan fingerprint density at radius 2 is 1.98 bits per heavy atom. The van der Waals surface area contributed by atoms with Crippen molar-refractivity contribution in [2.75, 3.05) is 26.4 Å². The zero-order chi connectivity index (χ0) is 27.3. The van der Waals surface area contributed by atoms with Gasteiger partial charge in [-0.3, -0.25) is 9.98 Å². The van der Waals surface area contributed by atoms with Crippen molar-refractivity contribution in [2.45, 2.75) is 30.5 Å². The summed E-state index contributed by atoms with van der Waals surface area (Å²) in [7, 11) is 0. The van der Waals surface area contributed by atoms with E-state index in [4.69, 9.17) is 15.5 Å². The number of hydrazone groups is 1. The van der Waals surface area contributed by atoms with Crippen LogP contribution in [-0.2, 0) is 4.74 Å². The fourth-order valence-electron chi connectivity index (χ4n) is 5.64. The van der Waals surface area contributed by atoms with Crippen LogP contribution in [0.4, 0.5) is 4.39 Å². The SMILES string of the molecule is NC1=C(n2nnc3ccccc32)C(CNC2(CO)CCOCC2)=NC2C(c3cnc4ccc(F)cc4c3)C=NN12. The van der Waals surface area contributed by atoms with Crippen LogP contribution in [-0.4, -0.2) is 80.1 Å². The highest BCUT2D eigenvalue weighted by Gasteiger charge is 2.41. The van der Waals surface area contributed by atoms with E-state index in [9.17, 15) is 9.50 Å². The number of aliphatic imine (C=N–C) groups is 1. The molecule has 0 saturated carbocycles. The first-order chi connectivity index (χ1) is 19.5. The third-order valence-corrected chi connectivity index (χ3v) is 7.97. The van der Waals surface area contributed by atoms with E-state index in [2.05, 4.69) is 25.7 Å². The van der Waals surface area contributed by atoms with Gasteiger partial charge in [-0.05, 0) is 54.8 Å². The molecule has 11 nitrogen and oxygen atoms in total. The largest absolute Gasteiger partial charge is 0.394 e. The lowest BCUT2D eigenvalue weighted by atomic mass is 9.90. The van der Waals surface area contributed by atoms with Crippen molar-refractivity contribution in [3.63, 3.8) is 0 Å². The minimum absolute atomic E-state index is 0.0228. The predicted octanol–water partition coefficient (Wildman–Crippen LogP) is 2.20. The number of pyridine rings is 1. The van der Waals surface area contributed by atoms with Crippen LogP contribution < -0.4 is 11.1 Å². The zero-order valence-electron chi connectivity index (χ0n) is 21.6. The van der Waals surface area contributed by atoms with Gasteiger partial charge in [-0.25, -0.2) is 14.1 Å². The van der Waals surface area contributed by atoms with Crippen LogP contribution in [0.5, 0.6) is 0 Å². The Morgan fingerprint density at radius 3 is 2.83 bits per heavy atom. The van der Waals surface area contributed by atoms with Crippen LogP contribution in [0.25, 0.3) is 27.6 Å². The third-order valence-electron chi connectivity index (χ3n) is 7.97. The lowest BCUT2D eigenvalue weighted by Crippen LogP contribution is -2.54. The number of nitrogens with two attached hydrogens (primary N) is 1. The molecular formula is C28H28FN9O2. The van der Waals surface area contributed by atoms with Crippen molar-refractivity contribution >= 4 is 39.6 Å². The Morgan fingerprint density at radius 1 is 1.12 bits per heavy atom. The number of fused-ring (bicyclic) bond motifs is 3. The molecule has 0 bridgehead atoms. The van der Waals surface area contributed by atoms with E-state index in [0.29, 0.717) is 60.7 Å².